The van der Waals surface area contributed by atoms with Gasteiger partial charge in [0.1, 0.15) is 11.7 Å². The predicted octanol–water partition coefficient (Wildman–Crippen LogP) is 4.26. The first kappa shape index (κ1) is 19.9. The van der Waals surface area contributed by atoms with Crippen LogP contribution in [0.3, 0.4) is 0 Å². The van der Waals surface area contributed by atoms with E-state index in [-0.39, 0.29) is 34.4 Å². The second kappa shape index (κ2) is 6.07. The standard InChI is InChI=1S/C22H36O4/c1-8-21(6)17(24)13-16-20(5)11-10-18(25-14(2)23)19(3,4)15(20)9-12-22(16,7)26-21/h8,15-18,24H,1,9-13H2,2-7H3/t15?,16?,17-,18-,20-,21+,22+/m1/s1. The first-order chi connectivity index (χ1) is 11.9. The van der Waals surface area contributed by atoms with Gasteiger partial charge in [0.05, 0.1) is 11.7 Å². The van der Waals surface area contributed by atoms with Crippen molar-refractivity contribution in [1.29, 1.82) is 0 Å². The Bertz CT molecular complexity index is 599. The van der Waals surface area contributed by atoms with Crippen LogP contribution in [0.25, 0.3) is 0 Å². The van der Waals surface area contributed by atoms with Gasteiger partial charge in [-0.25, -0.2) is 0 Å². The summed E-state index contributed by atoms with van der Waals surface area (Å²) in [7, 11) is 0. The van der Waals surface area contributed by atoms with Crippen molar-refractivity contribution < 1.29 is 19.4 Å². The molecule has 0 aromatic carbocycles. The highest BCUT2D eigenvalue weighted by atomic mass is 16.5. The highest BCUT2D eigenvalue weighted by Crippen LogP contribution is 2.65. The van der Waals surface area contributed by atoms with Crippen molar-refractivity contribution >= 4 is 5.97 Å². The van der Waals surface area contributed by atoms with Gasteiger partial charge in [0.15, 0.2) is 0 Å². The second-order valence-electron chi connectivity index (χ2n) is 10.2. The minimum absolute atomic E-state index is 0.0321. The average molecular weight is 365 g/mol. The van der Waals surface area contributed by atoms with E-state index in [1.165, 1.54) is 6.92 Å². The van der Waals surface area contributed by atoms with E-state index < -0.39 is 11.7 Å². The normalized spacial score (nSPS) is 50.3. The van der Waals surface area contributed by atoms with Crippen molar-refractivity contribution in [1.82, 2.24) is 0 Å². The molecule has 2 aliphatic carbocycles. The SMILES string of the molecule is C=C[C@]1(C)O[C@@]2(C)CCC3C(C)(C)[C@H](OC(C)=O)CC[C@@]3(C)C2C[C@H]1O. The van der Waals surface area contributed by atoms with Crippen molar-refractivity contribution in [2.75, 3.05) is 0 Å². The summed E-state index contributed by atoms with van der Waals surface area (Å²) >= 11 is 0. The molecule has 3 rings (SSSR count). The Kier molecular flexibility index (Phi) is 4.64. The summed E-state index contributed by atoms with van der Waals surface area (Å²) in [6, 6.07) is 0. The van der Waals surface area contributed by atoms with E-state index in [4.69, 9.17) is 9.47 Å². The van der Waals surface area contributed by atoms with Crippen LogP contribution in [-0.2, 0) is 14.3 Å². The summed E-state index contributed by atoms with van der Waals surface area (Å²) in [6.07, 6.45) is 5.82. The van der Waals surface area contributed by atoms with Crippen molar-refractivity contribution in [2.45, 2.75) is 97.1 Å². The zero-order chi connectivity index (χ0) is 19.5. The van der Waals surface area contributed by atoms with E-state index >= 15 is 0 Å². The van der Waals surface area contributed by atoms with Crippen LogP contribution in [0.1, 0.15) is 73.6 Å². The molecule has 1 saturated heterocycles. The summed E-state index contributed by atoms with van der Waals surface area (Å²) in [5.74, 6) is 0.537. The molecule has 1 N–H and O–H groups in total. The maximum absolute atomic E-state index is 11.6. The van der Waals surface area contributed by atoms with Gasteiger partial charge in [-0.15, -0.1) is 6.58 Å². The molecule has 0 bridgehead atoms. The Morgan fingerprint density at radius 3 is 2.38 bits per heavy atom. The van der Waals surface area contributed by atoms with Crippen LogP contribution in [0.5, 0.6) is 0 Å². The summed E-state index contributed by atoms with van der Waals surface area (Å²) < 4.78 is 12.2. The van der Waals surface area contributed by atoms with Gasteiger partial charge in [-0.3, -0.25) is 4.79 Å². The third-order valence-electron chi connectivity index (χ3n) is 8.22. The monoisotopic (exact) mass is 364 g/mol. The Labute approximate surface area is 158 Å². The van der Waals surface area contributed by atoms with E-state index in [1.54, 1.807) is 6.08 Å². The highest BCUT2D eigenvalue weighted by molar-refractivity contribution is 5.66. The number of esters is 1. The Balaban J connectivity index is 1.94. The Morgan fingerprint density at radius 1 is 1.15 bits per heavy atom. The third kappa shape index (κ3) is 2.75. The maximum atomic E-state index is 11.6. The lowest BCUT2D eigenvalue weighted by Crippen LogP contribution is -2.67. The van der Waals surface area contributed by atoms with E-state index in [9.17, 15) is 9.90 Å². The lowest BCUT2D eigenvalue weighted by atomic mass is 9.43. The molecule has 3 fully saturated rings. The third-order valence-corrected chi connectivity index (χ3v) is 8.22. The molecule has 148 valence electrons. The van der Waals surface area contributed by atoms with E-state index in [0.717, 1.165) is 32.1 Å². The molecule has 0 aromatic rings. The fourth-order valence-corrected chi connectivity index (χ4v) is 6.74. The number of hydrogen-bond acceptors (Lipinski definition) is 4. The maximum Gasteiger partial charge on any atom is 0.302 e. The van der Waals surface area contributed by atoms with E-state index in [0.29, 0.717) is 5.92 Å². The molecule has 0 spiro atoms. The smallest absolute Gasteiger partial charge is 0.302 e. The van der Waals surface area contributed by atoms with Crippen molar-refractivity contribution in [3.8, 4) is 0 Å². The van der Waals surface area contributed by atoms with Crippen LogP contribution in [0.2, 0.25) is 0 Å². The number of aliphatic hydroxyl groups excluding tert-OH is 1. The van der Waals surface area contributed by atoms with Gasteiger partial charge in [0.2, 0.25) is 0 Å². The molecule has 0 amide bonds. The zero-order valence-electron chi connectivity index (χ0n) is 17.3. The van der Waals surface area contributed by atoms with Crippen LogP contribution in [0.4, 0.5) is 0 Å². The Morgan fingerprint density at radius 2 is 1.81 bits per heavy atom. The summed E-state index contributed by atoms with van der Waals surface area (Å²) in [4.78, 5) is 11.6. The average Bonchev–Trinajstić information content (AvgIpc) is 2.52. The lowest BCUT2D eigenvalue weighted by Gasteiger charge is -2.66. The molecular formula is C22H36O4. The topological polar surface area (TPSA) is 55.8 Å². The number of fused-ring (bicyclic) bond motifs is 3. The summed E-state index contributed by atoms with van der Waals surface area (Å²) in [5.41, 5.74) is -0.947. The van der Waals surface area contributed by atoms with Gasteiger partial charge in [0.25, 0.3) is 0 Å². The van der Waals surface area contributed by atoms with Crippen LogP contribution < -0.4 is 0 Å². The van der Waals surface area contributed by atoms with Crippen molar-refractivity contribution in [2.24, 2.45) is 22.7 Å². The molecule has 0 radical (unpaired) electrons. The largest absolute Gasteiger partial charge is 0.462 e. The molecule has 1 aliphatic heterocycles. The van der Waals surface area contributed by atoms with E-state index in [2.05, 4.69) is 34.3 Å². The molecular weight excluding hydrogens is 328 g/mol. The van der Waals surface area contributed by atoms with Crippen molar-refractivity contribution in [3.63, 3.8) is 0 Å². The zero-order valence-corrected chi connectivity index (χ0v) is 17.3. The molecule has 3 aliphatic rings. The Hall–Kier alpha value is -0.870. The number of rotatable bonds is 2. The fraction of sp³-hybridized carbons (Fsp3) is 0.864. The van der Waals surface area contributed by atoms with Gasteiger partial charge in [0, 0.05) is 12.3 Å². The van der Waals surface area contributed by atoms with Crippen LogP contribution in [-0.4, -0.2) is 34.5 Å². The van der Waals surface area contributed by atoms with Gasteiger partial charge >= 0.3 is 5.97 Å². The lowest BCUT2D eigenvalue weighted by molar-refractivity contribution is -0.288. The fourth-order valence-electron chi connectivity index (χ4n) is 6.74. The minimum Gasteiger partial charge on any atom is -0.462 e. The summed E-state index contributed by atoms with van der Waals surface area (Å²) in [5, 5.41) is 10.8. The number of ether oxygens (including phenoxy) is 2. The minimum atomic E-state index is -0.682. The predicted molar refractivity (Wildman–Crippen MR) is 102 cm³/mol. The molecule has 2 unspecified atom stereocenters. The molecule has 1 heterocycles. The number of carbonyl (C=O) groups is 1. The highest BCUT2D eigenvalue weighted by Gasteiger charge is 2.65. The van der Waals surface area contributed by atoms with Gasteiger partial charge in [-0.05, 0) is 63.2 Å². The number of hydrogen-bond donors (Lipinski definition) is 1. The molecule has 4 nitrogen and oxygen atoms in total. The molecule has 2 saturated carbocycles. The second-order valence-corrected chi connectivity index (χ2v) is 10.2. The molecule has 4 heteroatoms. The molecule has 0 aromatic heterocycles. The van der Waals surface area contributed by atoms with Crippen molar-refractivity contribution in [3.05, 3.63) is 12.7 Å². The van der Waals surface area contributed by atoms with Crippen LogP contribution in [0.15, 0.2) is 12.7 Å². The first-order valence-corrected chi connectivity index (χ1v) is 10.1. The van der Waals surface area contributed by atoms with Crippen LogP contribution >= 0.6 is 0 Å². The van der Waals surface area contributed by atoms with Gasteiger partial charge in [-0.1, -0.05) is 26.8 Å². The summed E-state index contributed by atoms with van der Waals surface area (Å²) in [6.45, 7) is 16.4. The number of aliphatic hydroxyl groups is 1. The van der Waals surface area contributed by atoms with Crippen LogP contribution in [0, 0.1) is 22.7 Å². The first-order valence-electron chi connectivity index (χ1n) is 10.1. The van der Waals surface area contributed by atoms with Gasteiger partial charge < -0.3 is 14.6 Å². The van der Waals surface area contributed by atoms with Gasteiger partial charge in [-0.2, -0.15) is 0 Å². The number of carbonyl (C=O) groups excluding carboxylic acids is 1. The molecule has 7 atom stereocenters. The molecule has 26 heavy (non-hydrogen) atoms. The van der Waals surface area contributed by atoms with E-state index in [1.807, 2.05) is 6.92 Å². The quantitative estimate of drug-likeness (QED) is 0.588.